The molecule has 1 aliphatic rings. The van der Waals surface area contributed by atoms with Gasteiger partial charge in [-0.2, -0.15) is 0 Å². The van der Waals surface area contributed by atoms with Gasteiger partial charge < -0.3 is 15.7 Å². The SMILES string of the molecule is CCC1CCN(n2c(N)nc3cnc4[nH]ccc4c32)CC1. The van der Waals surface area contributed by atoms with Crippen molar-refractivity contribution in [1.82, 2.24) is 19.6 Å². The van der Waals surface area contributed by atoms with E-state index in [0.29, 0.717) is 5.95 Å². The van der Waals surface area contributed by atoms with Gasteiger partial charge in [-0.3, -0.25) is 0 Å². The van der Waals surface area contributed by atoms with Crippen LogP contribution in [0.1, 0.15) is 26.2 Å². The van der Waals surface area contributed by atoms with Crippen LogP contribution in [0.2, 0.25) is 0 Å². The van der Waals surface area contributed by atoms with E-state index in [1.165, 1.54) is 19.3 Å². The van der Waals surface area contributed by atoms with Crippen molar-refractivity contribution in [3.8, 4) is 0 Å². The molecule has 0 unspecified atom stereocenters. The Balaban J connectivity index is 1.84. The number of piperidine rings is 1. The fourth-order valence-corrected chi connectivity index (χ4v) is 3.39. The number of hydrogen-bond acceptors (Lipinski definition) is 4. The maximum Gasteiger partial charge on any atom is 0.220 e. The minimum absolute atomic E-state index is 0.551. The van der Waals surface area contributed by atoms with Gasteiger partial charge in [-0.1, -0.05) is 13.3 Å². The molecule has 0 atom stereocenters. The van der Waals surface area contributed by atoms with E-state index in [9.17, 15) is 0 Å². The van der Waals surface area contributed by atoms with Crippen LogP contribution in [0.25, 0.3) is 22.1 Å². The Morgan fingerprint density at radius 3 is 2.95 bits per heavy atom. The van der Waals surface area contributed by atoms with Gasteiger partial charge in [-0.25, -0.2) is 14.6 Å². The summed E-state index contributed by atoms with van der Waals surface area (Å²) in [5.74, 6) is 1.39. The van der Waals surface area contributed by atoms with Gasteiger partial charge in [0.15, 0.2) is 0 Å². The minimum Gasteiger partial charge on any atom is -0.368 e. The molecule has 4 heterocycles. The van der Waals surface area contributed by atoms with Crippen molar-refractivity contribution in [2.45, 2.75) is 26.2 Å². The molecule has 4 rings (SSSR count). The summed E-state index contributed by atoms with van der Waals surface area (Å²) < 4.78 is 2.08. The Labute approximate surface area is 122 Å². The summed E-state index contributed by atoms with van der Waals surface area (Å²) in [6.45, 7) is 4.33. The molecule has 0 amide bonds. The second kappa shape index (κ2) is 4.65. The summed E-state index contributed by atoms with van der Waals surface area (Å²) in [4.78, 5) is 12.0. The number of nitrogens with zero attached hydrogens (tertiary/aromatic N) is 4. The van der Waals surface area contributed by atoms with Gasteiger partial charge in [0.05, 0.1) is 6.20 Å². The van der Waals surface area contributed by atoms with Crippen molar-refractivity contribution in [2.24, 2.45) is 5.92 Å². The summed E-state index contributed by atoms with van der Waals surface area (Å²) >= 11 is 0. The van der Waals surface area contributed by atoms with Gasteiger partial charge >= 0.3 is 0 Å². The highest BCUT2D eigenvalue weighted by Crippen LogP contribution is 2.27. The van der Waals surface area contributed by atoms with Gasteiger partial charge in [0.1, 0.15) is 16.7 Å². The molecule has 0 aliphatic carbocycles. The number of nitrogen functional groups attached to an aromatic ring is 1. The lowest BCUT2D eigenvalue weighted by Gasteiger charge is -2.34. The summed E-state index contributed by atoms with van der Waals surface area (Å²) in [6, 6.07) is 2.04. The van der Waals surface area contributed by atoms with Crippen molar-refractivity contribution in [1.29, 1.82) is 0 Å². The third kappa shape index (κ3) is 1.86. The molecule has 6 nitrogen and oxygen atoms in total. The number of hydrogen-bond donors (Lipinski definition) is 2. The molecular formula is C15H20N6. The van der Waals surface area contributed by atoms with E-state index < -0.39 is 0 Å². The van der Waals surface area contributed by atoms with Crippen LogP contribution in [0.3, 0.4) is 0 Å². The first-order valence-electron chi connectivity index (χ1n) is 7.63. The highest BCUT2D eigenvalue weighted by atomic mass is 15.6. The number of anilines is 1. The van der Waals surface area contributed by atoms with Gasteiger partial charge in [0.25, 0.3) is 0 Å². The maximum absolute atomic E-state index is 6.18. The Morgan fingerprint density at radius 1 is 1.38 bits per heavy atom. The average Bonchev–Trinajstić information content (AvgIpc) is 3.10. The molecule has 3 N–H and O–H groups in total. The van der Waals surface area contributed by atoms with E-state index >= 15 is 0 Å². The maximum atomic E-state index is 6.18. The molecule has 1 saturated heterocycles. The van der Waals surface area contributed by atoms with Crippen molar-refractivity contribution in [2.75, 3.05) is 23.8 Å². The highest BCUT2D eigenvalue weighted by Gasteiger charge is 2.22. The summed E-state index contributed by atoms with van der Waals surface area (Å²) in [5.41, 5.74) is 8.99. The molecule has 110 valence electrons. The predicted octanol–water partition coefficient (Wildman–Crippen LogP) is 2.25. The van der Waals surface area contributed by atoms with Crippen molar-refractivity contribution >= 4 is 28.0 Å². The second-order valence-corrected chi connectivity index (χ2v) is 5.82. The van der Waals surface area contributed by atoms with Crippen LogP contribution < -0.4 is 10.7 Å². The van der Waals surface area contributed by atoms with Crippen molar-refractivity contribution in [3.63, 3.8) is 0 Å². The lowest BCUT2D eigenvalue weighted by atomic mass is 9.95. The monoisotopic (exact) mass is 284 g/mol. The van der Waals surface area contributed by atoms with Gasteiger partial charge in [0.2, 0.25) is 5.95 Å². The standard InChI is InChI=1S/C15H20N6/c1-2-10-4-7-20(8-5-10)21-13-11-3-6-17-14(11)18-9-12(13)19-15(21)16/h3,6,9-10H,2,4-5,7-8H2,1H3,(H2,16,19)(H,17,18). The Bertz CT molecular complexity index is 778. The first-order valence-corrected chi connectivity index (χ1v) is 7.63. The van der Waals surface area contributed by atoms with E-state index in [2.05, 4.69) is 31.6 Å². The number of rotatable bonds is 2. The third-order valence-electron chi connectivity index (χ3n) is 4.65. The van der Waals surface area contributed by atoms with Gasteiger partial charge in [-0.15, -0.1) is 0 Å². The number of H-pyrrole nitrogens is 1. The fourth-order valence-electron chi connectivity index (χ4n) is 3.39. The number of imidazole rings is 1. The number of nitrogens with two attached hydrogens (primary N) is 1. The van der Waals surface area contributed by atoms with Crippen LogP contribution in [0.15, 0.2) is 18.5 Å². The number of aromatic amines is 1. The first-order chi connectivity index (χ1) is 10.3. The van der Waals surface area contributed by atoms with Crippen LogP contribution in [0, 0.1) is 5.92 Å². The molecule has 3 aromatic rings. The fraction of sp³-hybridized carbons (Fsp3) is 0.467. The average molecular weight is 284 g/mol. The van der Waals surface area contributed by atoms with Crippen LogP contribution >= 0.6 is 0 Å². The van der Waals surface area contributed by atoms with Crippen molar-refractivity contribution < 1.29 is 0 Å². The summed E-state index contributed by atoms with van der Waals surface area (Å²) in [7, 11) is 0. The van der Waals surface area contributed by atoms with E-state index in [0.717, 1.165) is 41.1 Å². The van der Waals surface area contributed by atoms with E-state index in [1.807, 2.05) is 12.3 Å². The smallest absolute Gasteiger partial charge is 0.220 e. The molecule has 1 aliphatic heterocycles. The molecule has 1 fully saturated rings. The number of pyridine rings is 1. The molecule has 0 radical (unpaired) electrons. The molecular weight excluding hydrogens is 264 g/mol. The third-order valence-corrected chi connectivity index (χ3v) is 4.65. The topological polar surface area (TPSA) is 75.8 Å². The molecule has 0 aromatic carbocycles. The van der Waals surface area contributed by atoms with E-state index in [4.69, 9.17) is 5.73 Å². The summed E-state index contributed by atoms with van der Waals surface area (Å²) in [5, 5.41) is 3.40. The van der Waals surface area contributed by atoms with Crippen LogP contribution in [-0.4, -0.2) is 32.7 Å². The predicted molar refractivity (Wildman–Crippen MR) is 84.8 cm³/mol. The van der Waals surface area contributed by atoms with E-state index in [1.54, 1.807) is 6.20 Å². The zero-order valence-corrected chi connectivity index (χ0v) is 12.2. The molecule has 0 bridgehead atoms. The van der Waals surface area contributed by atoms with Crippen LogP contribution in [-0.2, 0) is 0 Å². The zero-order chi connectivity index (χ0) is 14.4. The van der Waals surface area contributed by atoms with Crippen molar-refractivity contribution in [3.05, 3.63) is 18.5 Å². The van der Waals surface area contributed by atoms with Crippen LogP contribution in [0.5, 0.6) is 0 Å². The van der Waals surface area contributed by atoms with Gasteiger partial charge in [-0.05, 0) is 24.8 Å². The quantitative estimate of drug-likeness (QED) is 0.757. The molecule has 6 heteroatoms. The molecule has 0 saturated carbocycles. The lowest BCUT2D eigenvalue weighted by molar-refractivity contribution is 0.360. The number of aromatic nitrogens is 4. The lowest BCUT2D eigenvalue weighted by Crippen LogP contribution is -2.42. The summed E-state index contributed by atoms with van der Waals surface area (Å²) in [6.07, 6.45) is 7.40. The highest BCUT2D eigenvalue weighted by molar-refractivity contribution is 6.02. The molecule has 0 spiro atoms. The Morgan fingerprint density at radius 2 is 2.19 bits per heavy atom. The van der Waals surface area contributed by atoms with E-state index in [-0.39, 0.29) is 0 Å². The molecule has 3 aromatic heterocycles. The second-order valence-electron chi connectivity index (χ2n) is 5.82. The minimum atomic E-state index is 0.551. The van der Waals surface area contributed by atoms with Crippen LogP contribution in [0.4, 0.5) is 5.95 Å². The number of fused-ring (bicyclic) bond motifs is 3. The largest absolute Gasteiger partial charge is 0.368 e. The Hall–Kier alpha value is -2.24. The van der Waals surface area contributed by atoms with Gasteiger partial charge in [0, 0.05) is 24.7 Å². The first kappa shape index (κ1) is 12.5. The normalized spacial score (nSPS) is 17.1. The number of nitrogens with one attached hydrogen (secondary N) is 1. The molecule has 21 heavy (non-hydrogen) atoms. The zero-order valence-electron chi connectivity index (χ0n) is 12.2. The Kier molecular flexibility index (Phi) is 2.77.